The molecule has 1 aliphatic rings. The van der Waals surface area contributed by atoms with Crippen LogP contribution in [0.1, 0.15) is 30.0 Å². The average molecular weight is 310 g/mol. The van der Waals surface area contributed by atoms with Gasteiger partial charge in [-0.1, -0.05) is 35.9 Å². The minimum atomic E-state index is -0.185. The average Bonchev–Trinajstić information content (AvgIpc) is 3.38. The van der Waals surface area contributed by atoms with Gasteiger partial charge in [0.2, 0.25) is 0 Å². The predicted molar refractivity (Wildman–Crippen MR) is 91.8 cm³/mol. The predicted octanol–water partition coefficient (Wildman–Crippen LogP) is 4.28. The van der Waals surface area contributed by atoms with Gasteiger partial charge in [0.05, 0.1) is 13.2 Å². The smallest absolute Gasteiger partial charge is 0.319 e. The van der Waals surface area contributed by atoms with Crippen LogP contribution in [0.5, 0.6) is 5.75 Å². The van der Waals surface area contributed by atoms with Gasteiger partial charge in [0.1, 0.15) is 5.75 Å². The first kappa shape index (κ1) is 15.4. The van der Waals surface area contributed by atoms with Crippen LogP contribution < -0.4 is 15.4 Å². The van der Waals surface area contributed by atoms with Crippen molar-refractivity contribution in [3.8, 4) is 5.75 Å². The van der Waals surface area contributed by atoms with Crippen LogP contribution in [0.25, 0.3) is 0 Å². The number of benzene rings is 2. The number of nitrogens with one attached hydrogen (secondary N) is 2. The molecule has 0 aliphatic heterocycles. The molecular weight excluding hydrogens is 288 g/mol. The van der Waals surface area contributed by atoms with Crippen LogP contribution in [-0.2, 0) is 0 Å². The first-order chi connectivity index (χ1) is 11.2. The number of ether oxygens (including phenoxy) is 1. The van der Waals surface area contributed by atoms with E-state index in [-0.39, 0.29) is 12.1 Å². The van der Waals surface area contributed by atoms with Gasteiger partial charge in [-0.2, -0.15) is 0 Å². The van der Waals surface area contributed by atoms with Crippen LogP contribution in [0.4, 0.5) is 10.5 Å². The molecule has 2 amide bonds. The molecule has 1 atom stereocenters. The van der Waals surface area contributed by atoms with E-state index in [0.717, 1.165) is 24.3 Å². The van der Waals surface area contributed by atoms with Crippen LogP contribution in [0.2, 0.25) is 0 Å². The van der Waals surface area contributed by atoms with Gasteiger partial charge in [0, 0.05) is 11.8 Å². The zero-order valence-electron chi connectivity index (χ0n) is 13.5. The van der Waals surface area contributed by atoms with Crippen molar-refractivity contribution in [1.82, 2.24) is 5.32 Å². The van der Waals surface area contributed by atoms with Gasteiger partial charge in [-0.15, -0.1) is 0 Å². The third kappa shape index (κ3) is 4.03. The molecule has 1 aliphatic carbocycles. The topological polar surface area (TPSA) is 50.4 Å². The normalized spacial score (nSPS) is 14.9. The van der Waals surface area contributed by atoms with Crippen LogP contribution in [0.3, 0.4) is 0 Å². The van der Waals surface area contributed by atoms with E-state index in [1.807, 2.05) is 18.2 Å². The fourth-order valence-electron chi connectivity index (χ4n) is 2.69. The number of methoxy groups -OCH3 is 1. The fraction of sp³-hybridized carbons (Fsp3) is 0.316. The molecule has 1 saturated carbocycles. The summed E-state index contributed by atoms with van der Waals surface area (Å²) in [5.74, 6) is 1.26. The van der Waals surface area contributed by atoms with Crippen LogP contribution in [0.15, 0.2) is 48.5 Å². The highest BCUT2D eigenvalue weighted by atomic mass is 16.5. The maximum atomic E-state index is 12.3. The molecule has 4 heteroatoms. The van der Waals surface area contributed by atoms with Crippen molar-refractivity contribution >= 4 is 11.7 Å². The number of rotatable bonds is 5. The second-order valence-electron chi connectivity index (χ2n) is 6.06. The minimum Gasteiger partial charge on any atom is -0.497 e. The highest BCUT2D eigenvalue weighted by molar-refractivity contribution is 5.89. The quantitative estimate of drug-likeness (QED) is 0.866. The van der Waals surface area contributed by atoms with E-state index in [9.17, 15) is 4.79 Å². The van der Waals surface area contributed by atoms with Gasteiger partial charge in [-0.25, -0.2) is 4.79 Å². The molecule has 4 nitrogen and oxygen atoms in total. The maximum Gasteiger partial charge on any atom is 0.319 e. The molecule has 0 heterocycles. The summed E-state index contributed by atoms with van der Waals surface area (Å²) in [5.41, 5.74) is 3.11. The first-order valence-electron chi connectivity index (χ1n) is 7.94. The molecule has 23 heavy (non-hydrogen) atoms. The molecule has 3 rings (SSSR count). The number of carbonyl (C=O) groups is 1. The van der Waals surface area contributed by atoms with E-state index in [1.54, 1.807) is 13.2 Å². The molecule has 120 valence electrons. The monoisotopic (exact) mass is 310 g/mol. The molecule has 0 spiro atoms. The Hall–Kier alpha value is -2.49. The molecule has 2 aromatic carbocycles. The molecule has 0 radical (unpaired) electrons. The summed E-state index contributed by atoms with van der Waals surface area (Å²) in [5, 5.41) is 5.99. The van der Waals surface area contributed by atoms with E-state index in [2.05, 4.69) is 41.8 Å². The van der Waals surface area contributed by atoms with Gasteiger partial charge in [-0.05, 0) is 43.4 Å². The third-order valence-corrected chi connectivity index (χ3v) is 4.14. The van der Waals surface area contributed by atoms with Crippen molar-refractivity contribution in [3.05, 3.63) is 59.7 Å². The van der Waals surface area contributed by atoms with E-state index < -0.39 is 0 Å². The van der Waals surface area contributed by atoms with Crippen LogP contribution >= 0.6 is 0 Å². The highest BCUT2D eigenvalue weighted by Crippen LogP contribution is 2.41. The van der Waals surface area contributed by atoms with Crippen molar-refractivity contribution in [1.29, 1.82) is 0 Å². The molecule has 1 fully saturated rings. The van der Waals surface area contributed by atoms with Gasteiger partial charge in [-0.3, -0.25) is 0 Å². The molecular formula is C19H22N2O2. The van der Waals surface area contributed by atoms with Crippen molar-refractivity contribution in [2.45, 2.75) is 25.8 Å². The summed E-state index contributed by atoms with van der Waals surface area (Å²) >= 11 is 0. The Morgan fingerprint density at radius 3 is 2.57 bits per heavy atom. The maximum absolute atomic E-state index is 12.3. The number of carbonyl (C=O) groups excluding carboxylic acids is 1. The molecule has 2 aromatic rings. The molecule has 2 N–H and O–H groups in total. The number of urea groups is 1. The zero-order chi connectivity index (χ0) is 16.2. The Kier molecular flexibility index (Phi) is 4.51. The number of amides is 2. The lowest BCUT2D eigenvalue weighted by Gasteiger charge is -2.19. The van der Waals surface area contributed by atoms with Gasteiger partial charge >= 0.3 is 6.03 Å². The standard InChI is InChI=1S/C19H22N2O2/c1-13-6-8-14(9-7-13)18(15-10-11-15)21-19(22)20-16-4-3-5-17(12-16)23-2/h3-9,12,15,18H,10-11H2,1-2H3,(H2,20,21,22). The van der Waals surface area contributed by atoms with E-state index in [0.29, 0.717) is 5.92 Å². The molecule has 0 saturated heterocycles. The Morgan fingerprint density at radius 2 is 1.91 bits per heavy atom. The van der Waals surface area contributed by atoms with Crippen LogP contribution in [0, 0.1) is 12.8 Å². The summed E-state index contributed by atoms with van der Waals surface area (Å²) in [7, 11) is 1.61. The van der Waals surface area contributed by atoms with Crippen molar-refractivity contribution < 1.29 is 9.53 Å². The summed E-state index contributed by atoms with van der Waals surface area (Å²) in [4.78, 5) is 12.3. The van der Waals surface area contributed by atoms with E-state index in [1.165, 1.54) is 11.1 Å². The fourth-order valence-corrected chi connectivity index (χ4v) is 2.69. The lowest BCUT2D eigenvalue weighted by molar-refractivity contribution is 0.247. The number of hydrogen-bond donors (Lipinski definition) is 2. The second-order valence-corrected chi connectivity index (χ2v) is 6.06. The van der Waals surface area contributed by atoms with Crippen molar-refractivity contribution in [2.75, 3.05) is 12.4 Å². The third-order valence-electron chi connectivity index (χ3n) is 4.14. The Balaban J connectivity index is 1.67. The number of hydrogen-bond acceptors (Lipinski definition) is 2. The number of aryl methyl sites for hydroxylation is 1. The molecule has 0 aromatic heterocycles. The summed E-state index contributed by atoms with van der Waals surface area (Å²) in [6, 6.07) is 15.6. The molecule has 0 bridgehead atoms. The van der Waals surface area contributed by atoms with E-state index >= 15 is 0 Å². The molecule has 1 unspecified atom stereocenters. The Morgan fingerprint density at radius 1 is 1.17 bits per heavy atom. The lowest BCUT2D eigenvalue weighted by Crippen LogP contribution is -2.33. The summed E-state index contributed by atoms with van der Waals surface area (Å²) < 4.78 is 5.17. The minimum absolute atomic E-state index is 0.0706. The Labute approximate surface area is 136 Å². The lowest BCUT2D eigenvalue weighted by atomic mass is 10.0. The zero-order valence-corrected chi connectivity index (χ0v) is 13.5. The Bertz CT molecular complexity index is 678. The second kappa shape index (κ2) is 6.73. The summed E-state index contributed by atoms with van der Waals surface area (Å²) in [6.45, 7) is 2.07. The van der Waals surface area contributed by atoms with Gasteiger partial charge in [0.15, 0.2) is 0 Å². The van der Waals surface area contributed by atoms with Crippen LogP contribution in [-0.4, -0.2) is 13.1 Å². The highest BCUT2D eigenvalue weighted by Gasteiger charge is 2.33. The van der Waals surface area contributed by atoms with Gasteiger partial charge < -0.3 is 15.4 Å². The SMILES string of the molecule is COc1cccc(NC(=O)NC(c2ccc(C)cc2)C2CC2)c1. The van der Waals surface area contributed by atoms with E-state index in [4.69, 9.17) is 4.74 Å². The van der Waals surface area contributed by atoms with Crippen molar-refractivity contribution in [2.24, 2.45) is 5.92 Å². The largest absolute Gasteiger partial charge is 0.497 e. The summed E-state index contributed by atoms with van der Waals surface area (Å²) in [6.07, 6.45) is 2.33. The van der Waals surface area contributed by atoms with Crippen molar-refractivity contribution in [3.63, 3.8) is 0 Å². The first-order valence-corrected chi connectivity index (χ1v) is 7.94. The number of anilines is 1. The van der Waals surface area contributed by atoms with Gasteiger partial charge in [0.25, 0.3) is 0 Å².